The lowest BCUT2D eigenvalue weighted by Gasteiger charge is -2.27. The molecular weight excluding hydrogens is 248 g/mol. The second-order valence-corrected chi connectivity index (χ2v) is 6.29. The summed E-state index contributed by atoms with van der Waals surface area (Å²) >= 11 is 0. The lowest BCUT2D eigenvalue weighted by atomic mass is 9.96. The van der Waals surface area contributed by atoms with E-state index in [-0.39, 0.29) is 5.41 Å². The molecule has 0 saturated carbocycles. The van der Waals surface area contributed by atoms with E-state index in [1.54, 1.807) is 6.20 Å². The molecule has 1 aliphatic rings. The third-order valence-electron chi connectivity index (χ3n) is 3.11. The van der Waals surface area contributed by atoms with Crippen LogP contribution in [0.5, 0.6) is 5.75 Å². The third-order valence-corrected chi connectivity index (χ3v) is 3.11. The van der Waals surface area contributed by atoms with E-state index in [0.29, 0.717) is 6.04 Å². The largest absolute Gasteiger partial charge is 0.490 e. The maximum atomic E-state index is 5.73. The van der Waals surface area contributed by atoms with Gasteiger partial charge in [-0.2, -0.15) is 0 Å². The molecule has 1 fully saturated rings. The van der Waals surface area contributed by atoms with Crippen molar-refractivity contribution in [1.29, 1.82) is 0 Å². The molecule has 1 aromatic rings. The highest BCUT2D eigenvalue weighted by molar-refractivity contribution is 5.51. The van der Waals surface area contributed by atoms with Crippen molar-refractivity contribution in [2.24, 2.45) is 5.41 Å². The molecule has 1 aromatic heterocycles. The quantitative estimate of drug-likeness (QED) is 0.834. The highest BCUT2D eigenvalue weighted by atomic mass is 16.5. The zero-order chi connectivity index (χ0) is 14.4. The summed E-state index contributed by atoms with van der Waals surface area (Å²) in [7, 11) is 0. The lowest BCUT2D eigenvalue weighted by Crippen LogP contribution is -2.46. The van der Waals surface area contributed by atoms with Crippen LogP contribution in [0, 0.1) is 5.41 Å². The number of ether oxygens (including phenoxy) is 1. The molecule has 1 atom stereocenters. The zero-order valence-corrected chi connectivity index (χ0v) is 12.6. The summed E-state index contributed by atoms with van der Waals surface area (Å²) < 4.78 is 5.73. The Morgan fingerprint density at radius 1 is 1.35 bits per heavy atom. The van der Waals surface area contributed by atoms with Crippen LogP contribution in [-0.4, -0.2) is 24.2 Å². The molecule has 0 spiro atoms. The Morgan fingerprint density at radius 3 is 2.80 bits per heavy atom. The van der Waals surface area contributed by atoms with E-state index in [9.17, 15) is 0 Å². The van der Waals surface area contributed by atoms with Gasteiger partial charge in [-0.15, -0.1) is 0 Å². The normalized spacial score (nSPS) is 19.4. The number of rotatable bonds is 5. The molecule has 1 aliphatic heterocycles. The monoisotopic (exact) mass is 272 g/mol. The number of hydrogen-bond acceptors (Lipinski definition) is 3. The molecule has 0 radical (unpaired) electrons. The second kappa shape index (κ2) is 6.71. The standard InChI is InChI=1S/C17H24N2O/c1-17(2,3)8-5-4-6-14-10-16(12-18-11-14)20-13-15-7-9-19-15/h4-6,8,10-12,15,19H,7,9,13H2,1-3H3/t15-/m0/s1. The van der Waals surface area contributed by atoms with E-state index in [1.165, 1.54) is 6.42 Å². The number of nitrogens with one attached hydrogen (secondary N) is 1. The topological polar surface area (TPSA) is 34.1 Å². The van der Waals surface area contributed by atoms with Crippen LogP contribution in [0.2, 0.25) is 0 Å². The van der Waals surface area contributed by atoms with Crippen LogP contribution < -0.4 is 10.1 Å². The zero-order valence-electron chi connectivity index (χ0n) is 12.6. The van der Waals surface area contributed by atoms with Gasteiger partial charge in [-0.1, -0.05) is 45.1 Å². The van der Waals surface area contributed by atoms with Crippen LogP contribution in [0.1, 0.15) is 32.8 Å². The SMILES string of the molecule is CC(C)(C)C=CC=Cc1cncc(OC[C@@H]2CCN2)c1. The van der Waals surface area contributed by atoms with Gasteiger partial charge in [0, 0.05) is 12.2 Å². The first-order valence-corrected chi connectivity index (χ1v) is 7.20. The smallest absolute Gasteiger partial charge is 0.138 e. The molecular formula is C17H24N2O. The maximum absolute atomic E-state index is 5.73. The van der Waals surface area contributed by atoms with Crippen molar-refractivity contribution >= 4 is 6.08 Å². The molecule has 20 heavy (non-hydrogen) atoms. The van der Waals surface area contributed by atoms with Crippen LogP contribution in [0.15, 0.2) is 36.7 Å². The van der Waals surface area contributed by atoms with Crippen molar-refractivity contribution in [3.63, 3.8) is 0 Å². The van der Waals surface area contributed by atoms with Gasteiger partial charge in [-0.3, -0.25) is 4.98 Å². The van der Waals surface area contributed by atoms with Gasteiger partial charge >= 0.3 is 0 Å². The number of allylic oxidation sites excluding steroid dienone is 3. The summed E-state index contributed by atoms with van der Waals surface area (Å²) in [6, 6.07) is 2.52. The fourth-order valence-corrected chi connectivity index (χ4v) is 1.80. The highest BCUT2D eigenvalue weighted by Gasteiger charge is 2.16. The maximum Gasteiger partial charge on any atom is 0.138 e. The Morgan fingerprint density at radius 2 is 2.15 bits per heavy atom. The molecule has 3 heteroatoms. The lowest BCUT2D eigenvalue weighted by molar-refractivity contribution is 0.217. The van der Waals surface area contributed by atoms with Gasteiger partial charge < -0.3 is 10.1 Å². The van der Waals surface area contributed by atoms with Gasteiger partial charge in [0.05, 0.1) is 6.20 Å². The fourth-order valence-electron chi connectivity index (χ4n) is 1.80. The summed E-state index contributed by atoms with van der Waals surface area (Å²) in [5, 5.41) is 3.32. The van der Waals surface area contributed by atoms with E-state index < -0.39 is 0 Å². The summed E-state index contributed by atoms with van der Waals surface area (Å²) in [6.45, 7) is 8.37. The third kappa shape index (κ3) is 5.17. The van der Waals surface area contributed by atoms with Crippen LogP contribution in [0.4, 0.5) is 0 Å². The van der Waals surface area contributed by atoms with E-state index in [4.69, 9.17) is 4.74 Å². The average Bonchev–Trinajstić information content (AvgIpc) is 2.32. The van der Waals surface area contributed by atoms with Crippen molar-refractivity contribution in [2.75, 3.05) is 13.2 Å². The van der Waals surface area contributed by atoms with Crippen molar-refractivity contribution in [2.45, 2.75) is 33.2 Å². The predicted octanol–water partition coefficient (Wildman–Crippen LogP) is 3.44. The minimum absolute atomic E-state index is 0.212. The van der Waals surface area contributed by atoms with Gasteiger partial charge in [-0.05, 0) is 30.0 Å². The first-order chi connectivity index (χ1) is 9.53. The van der Waals surface area contributed by atoms with Crippen molar-refractivity contribution < 1.29 is 4.74 Å². The van der Waals surface area contributed by atoms with Gasteiger partial charge in [-0.25, -0.2) is 0 Å². The number of aromatic nitrogens is 1. The van der Waals surface area contributed by atoms with Crippen molar-refractivity contribution in [3.05, 3.63) is 42.3 Å². The molecule has 1 N–H and O–H groups in total. The van der Waals surface area contributed by atoms with Gasteiger partial charge in [0.2, 0.25) is 0 Å². The van der Waals surface area contributed by atoms with Gasteiger partial charge in [0.25, 0.3) is 0 Å². The molecule has 0 aliphatic carbocycles. The summed E-state index contributed by atoms with van der Waals surface area (Å²) in [4.78, 5) is 4.21. The molecule has 1 saturated heterocycles. The Kier molecular flexibility index (Phi) is 4.96. The van der Waals surface area contributed by atoms with E-state index in [1.807, 2.05) is 24.4 Å². The first kappa shape index (κ1) is 14.8. The molecule has 108 valence electrons. The molecule has 0 bridgehead atoms. The van der Waals surface area contributed by atoms with Crippen LogP contribution >= 0.6 is 0 Å². The molecule has 2 heterocycles. The Labute approximate surface area is 121 Å². The van der Waals surface area contributed by atoms with E-state index in [2.05, 4.69) is 43.2 Å². The molecule has 2 rings (SSSR count). The molecule has 0 unspecified atom stereocenters. The van der Waals surface area contributed by atoms with Crippen molar-refractivity contribution in [1.82, 2.24) is 10.3 Å². The summed E-state index contributed by atoms with van der Waals surface area (Å²) in [6.07, 6.45) is 13.1. The van der Waals surface area contributed by atoms with Gasteiger partial charge in [0.1, 0.15) is 12.4 Å². The molecule has 0 aromatic carbocycles. The Bertz CT molecular complexity index is 482. The van der Waals surface area contributed by atoms with Crippen molar-refractivity contribution in [3.8, 4) is 5.75 Å². The second-order valence-electron chi connectivity index (χ2n) is 6.29. The van der Waals surface area contributed by atoms with Crippen LogP contribution in [0.3, 0.4) is 0 Å². The fraction of sp³-hybridized carbons (Fsp3) is 0.471. The Balaban J connectivity index is 1.88. The highest BCUT2D eigenvalue weighted by Crippen LogP contribution is 2.16. The number of pyridine rings is 1. The van der Waals surface area contributed by atoms with E-state index >= 15 is 0 Å². The minimum Gasteiger partial charge on any atom is -0.490 e. The summed E-state index contributed by atoms with van der Waals surface area (Å²) in [5.41, 5.74) is 1.27. The summed E-state index contributed by atoms with van der Waals surface area (Å²) in [5.74, 6) is 0.834. The minimum atomic E-state index is 0.212. The van der Waals surface area contributed by atoms with Crippen LogP contribution in [0.25, 0.3) is 6.08 Å². The number of hydrogen-bond donors (Lipinski definition) is 1. The Hall–Kier alpha value is -1.61. The van der Waals surface area contributed by atoms with Crippen LogP contribution in [-0.2, 0) is 0 Å². The first-order valence-electron chi connectivity index (χ1n) is 7.20. The van der Waals surface area contributed by atoms with Gasteiger partial charge in [0.15, 0.2) is 0 Å². The molecule has 3 nitrogen and oxygen atoms in total. The average molecular weight is 272 g/mol. The predicted molar refractivity (Wildman–Crippen MR) is 83.8 cm³/mol. The van der Waals surface area contributed by atoms with E-state index in [0.717, 1.165) is 24.5 Å². The molecule has 0 amide bonds. The number of nitrogens with zero attached hydrogens (tertiary/aromatic N) is 1.